The second-order valence-electron chi connectivity index (χ2n) is 4.21. The van der Waals surface area contributed by atoms with Crippen LogP contribution in [-0.2, 0) is 11.2 Å². The SMILES string of the molecule is CCC(N)CC(=O)NCCc1ccc(Cl)cc1Cl. The molecule has 1 aromatic rings. The standard InChI is InChI=1S/C13H18Cl2N2O/c1-2-11(16)8-13(18)17-6-5-9-3-4-10(14)7-12(9)15/h3-4,7,11H,2,5-6,8,16H2,1H3,(H,17,18). The number of amides is 1. The summed E-state index contributed by atoms with van der Waals surface area (Å²) in [6.45, 7) is 2.52. The van der Waals surface area contributed by atoms with Gasteiger partial charge in [-0.2, -0.15) is 0 Å². The largest absolute Gasteiger partial charge is 0.356 e. The summed E-state index contributed by atoms with van der Waals surface area (Å²) in [5.74, 6) is -0.0190. The Labute approximate surface area is 118 Å². The second kappa shape index (κ2) is 7.62. The quantitative estimate of drug-likeness (QED) is 0.846. The fraction of sp³-hybridized carbons (Fsp3) is 0.462. The first kappa shape index (κ1) is 15.3. The van der Waals surface area contributed by atoms with Crippen molar-refractivity contribution in [3.63, 3.8) is 0 Å². The van der Waals surface area contributed by atoms with Gasteiger partial charge in [0.05, 0.1) is 0 Å². The number of hydrogen-bond acceptors (Lipinski definition) is 2. The van der Waals surface area contributed by atoms with E-state index in [2.05, 4.69) is 5.32 Å². The van der Waals surface area contributed by atoms with Gasteiger partial charge in [0.2, 0.25) is 5.91 Å². The summed E-state index contributed by atoms with van der Waals surface area (Å²) in [4.78, 5) is 11.5. The number of hydrogen-bond donors (Lipinski definition) is 2. The summed E-state index contributed by atoms with van der Waals surface area (Å²) >= 11 is 11.8. The van der Waals surface area contributed by atoms with Crippen molar-refractivity contribution < 1.29 is 4.79 Å². The van der Waals surface area contributed by atoms with Crippen LogP contribution in [0.4, 0.5) is 0 Å². The summed E-state index contributed by atoms with van der Waals surface area (Å²) < 4.78 is 0. The molecule has 0 radical (unpaired) electrons. The molecule has 0 aromatic heterocycles. The Morgan fingerprint density at radius 2 is 2.17 bits per heavy atom. The Bertz CT molecular complexity index is 410. The minimum absolute atomic E-state index is 0.0190. The molecule has 0 fully saturated rings. The zero-order valence-corrected chi connectivity index (χ0v) is 11.9. The number of halogens is 2. The molecule has 3 N–H and O–H groups in total. The van der Waals surface area contributed by atoms with Crippen LogP contribution in [0.5, 0.6) is 0 Å². The van der Waals surface area contributed by atoms with E-state index >= 15 is 0 Å². The molecule has 0 bridgehead atoms. The third-order valence-corrected chi connectivity index (χ3v) is 3.29. The van der Waals surface area contributed by atoms with E-state index in [4.69, 9.17) is 28.9 Å². The van der Waals surface area contributed by atoms with Gasteiger partial charge in [-0.05, 0) is 30.5 Å². The Morgan fingerprint density at radius 3 is 2.78 bits per heavy atom. The van der Waals surface area contributed by atoms with Crippen molar-refractivity contribution in [2.45, 2.75) is 32.2 Å². The minimum atomic E-state index is -0.0656. The predicted octanol–water partition coefficient (Wildman–Crippen LogP) is 2.78. The molecule has 0 aliphatic carbocycles. The summed E-state index contributed by atoms with van der Waals surface area (Å²) in [7, 11) is 0. The van der Waals surface area contributed by atoms with E-state index < -0.39 is 0 Å². The molecule has 0 aliphatic heterocycles. The first-order chi connectivity index (χ1) is 8.52. The molecule has 1 aromatic carbocycles. The lowest BCUT2D eigenvalue weighted by Crippen LogP contribution is -2.32. The van der Waals surface area contributed by atoms with E-state index in [1.807, 2.05) is 13.0 Å². The highest BCUT2D eigenvalue weighted by Crippen LogP contribution is 2.20. The fourth-order valence-corrected chi connectivity index (χ4v) is 2.02. The van der Waals surface area contributed by atoms with Crippen molar-refractivity contribution in [1.29, 1.82) is 0 Å². The van der Waals surface area contributed by atoms with Crippen molar-refractivity contribution in [2.75, 3.05) is 6.54 Å². The van der Waals surface area contributed by atoms with Crippen LogP contribution in [0.2, 0.25) is 10.0 Å². The number of rotatable bonds is 6. The van der Waals surface area contributed by atoms with Crippen molar-refractivity contribution >= 4 is 29.1 Å². The van der Waals surface area contributed by atoms with Crippen LogP contribution in [0.3, 0.4) is 0 Å². The van der Waals surface area contributed by atoms with Gasteiger partial charge >= 0.3 is 0 Å². The Morgan fingerprint density at radius 1 is 1.44 bits per heavy atom. The lowest BCUT2D eigenvalue weighted by molar-refractivity contribution is -0.121. The summed E-state index contributed by atoms with van der Waals surface area (Å²) in [6.07, 6.45) is 1.85. The molecule has 1 amide bonds. The van der Waals surface area contributed by atoms with Crippen LogP contribution in [0.25, 0.3) is 0 Å². The van der Waals surface area contributed by atoms with Gasteiger partial charge in [0.15, 0.2) is 0 Å². The third kappa shape index (κ3) is 5.25. The lowest BCUT2D eigenvalue weighted by atomic mass is 10.1. The van der Waals surface area contributed by atoms with Crippen LogP contribution >= 0.6 is 23.2 Å². The molecular weight excluding hydrogens is 271 g/mol. The Kier molecular flexibility index (Phi) is 6.47. The maximum absolute atomic E-state index is 11.5. The third-order valence-electron chi connectivity index (χ3n) is 2.70. The number of carbonyl (C=O) groups is 1. The molecule has 0 heterocycles. The molecule has 0 saturated heterocycles. The highest BCUT2D eigenvalue weighted by atomic mass is 35.5. The monoisotopic (exact) mass is 288 g/mol. The molecule has 1 unspecified atom stereocenters. The van der Waals surface area contributed by atoms with E-state index in [1.54, 1.807) is 12.1 Å². The molecule has 1 atom stereocenters. The summed E-state index contributed by atoms with van der Waals surface area (Å²) in [5.41, 5.74) is 6.67. The molecule has 3 nitrogen and oxygen atoms in total. The van der Waals surface area contributed by atoms with Gasteiger partial charge in [-0.15, -0.1) is 0 Å². The Hall–Kier alpha value is -0.770. The van der Waals surface area contributed by atoms with Crippen LogP contribution in [0.15, 0.2) is 18.2 Å². The van der Waals surface area contributed by atoms with Gasteiger partial charge in [0.1, 0.15) is 0 Å². The average Bonchev–Trinajstić information content (AvgIpc) is 2.31. The van der Waals surface area contributed by atoms with Gasteiger partial charge in [-0.25, -0.2) is 0 Å². The first-order valence-electron chi connectivity index (χ1n) is 5.99. The molecular formula is C13H18Cl2N2O. The zero-order chi connectivity index (χ0) is 13.5. The maximum atomic E-state index is 11.5. The minimum Gasteiger partial charge on any atom is -0.356 e. The molecule has 0 aliphatic rings. The lowest BCUT2D eigenvalue weighted by Gasteiger charge is -2.10. The van der Waals surface area contributed by atoms with Crippen LogP contribution < -0.4 is 11.1 Å². The van der Waals surface area contributed by atoms with Crippen molar-refractivity contribution in [3.05, 3.63) is 33.8 Å². The van der Waals surface area contributed by atoms with E-state index in [-0.39, 0.29) is 11.9 Å². The zero-order valence-electron chi connectivity index (χ0n) is 10.4. The molecule has 0 spiro atoms. The first-order valence-corrected chi connectivity index (χ1v) is 6.74. The predicted molar refractivity (Wildman–Crippen MR) is 76.1 cm³/mol. The Balaban J connectivity index is 2.35. The second-order valence-corrected chi connectivity index (χ2v) is 5.05. The number of nitrogens with one attached hydrogen (secondary N) is 1. The summed E-state index contributed by atoms with van der Waals surface area (Å²) in [6, 6.07) is 5.29. The normalized spacial score (nSPS) is 12.2. The van der Waals surface area contributed by atoms with E-state index in [1.165, 1.54) is 0 Å². The fourth-order valence-electron chi connectivity index (χ4n) is 1.52. The number of nitrogens with two attached hydrogens (primary N) is 1. The van der Waals surface area contributed by atoms with E-state index in [9.17, 15) is 4.79 Å². The number of carbonyl (C=O) groups excluding carboxylic acids is 1. The van der Waals surface area contributed by atoms with Gasteiger partial charge in [-0.3, -0.25) is 4.79 Å². The molecule has 18 heavy (non-hydrogen) atoms. The van der Waals surface area contributed by atoms with E-state index in [0.29, 0.717) is 29.4 Å². The van der Waals surface area contributed by atoms with Crippen LogP contribution in [0, 0.1) is 0 Å². The van der Waals surface area contributed by atoms with Crippen molar-refractivity contribution in [2.24, 2.45) is 5.73 Å². The number of benzene rings is 1. The van der Waals surface area contributed by atoms with Gasteiger partial charge < -0.3 is 11.1 Å². The van der Waals surface area contributed by atoms with Gasteiger partial charge in [0, 0.05) is 29.1 Å². The van der Waals surface area contributed by atoms with Crippen LogP contribution in [0.1, 0.15) is 25.3 Å². The van der Waals surface area contributed by atoms with Gasteiger partial charge in [-0.1, -0.05) is 36.2 Å². The smallest absolute Gasteiger partial charge is 0.221 e. The van der Waals surface area contributed by atoms with Crippen LogP contribution in [-0.4, -0.2) is 18.5 Å². The molecule has 1 rings (SSSR count). The van der Waals surface area contributed by atoms with Crippen molar-refractivity contribution in [1.82, 2.24) is 5.32 Å². The summed E-state index contributed by atoms with van der Waals surface area (Å²) in [5, 5.41) is 4.07. The molecule has 0 saturated carbocycles. The van der Waals surface area contributed by atoms with Gasteiger partial charge in [0.25, 0.3) is 0 Å². The molecule has 5 heteroatoms. The average molecular weight is 289 g/mol. The molecule has 100 valence electrons. The van der Waals surface area contributed by atoms with E-state index in [0.717, 1.165) is 12.0 Å². The highest BCUT2D eigenvalue weighted by Gasteiger charge is 2.07. The topological polar surface area (TPSA) is 55.1 Å². The maximum Gasteiger partial charge on any atom is 0.221 e. The highest BCUT2D eigenvalue weighted by molar-refractivity contribution is 6.35. The van der Waals surface area contributed by atoms with Crippen molar-refractivity contribution in [3.8, 4) is 0 Å².